The minimum atomic E-state index is 0.481. The molecule has 0 aliphatic carbocycles. The van der Waals surface area contributed by atoms with Crippen molar-refractivity contribution >= 4 is 21.7 Å². The fourth-order valence-electron chi connectivity index (χ4n) is 1.41. The molecule has 3 nitrogen and oxygen atoms in total. The Morgan fingerprint density at radius 3 is 2.76 bits per heavy atom. The van der Waals surface area contributed by atoms with E-state index in [9.17, 15) is 0 Å². The van der Waals surface area contributed by atoms with E-state index in [0.29, 0.717) is 12.4 Å². The summed E-state index contributed by atoms with van der Waals surface area (Å²) < 4.78 is 6.65. The van der Waals surface area contributed by atoms with Gasteiger partial charge in [0.05, 0.1) is 4.47 Å². The lowest BCUT2D eigenvalue weighted by Crippen LogP contribution is -1.98. The third-order valence-electron chi connectivity index (χ3n) is 2.33. The topological polar surface area (TPSA) is 48.1 Å². The second kappa shape index (κ2) is 5.19. The third-order valence-corrected chi connectivity index (χ3v) is 2.95. The molecule has 2 aromatic rings. The summed E-state index contributed by atoms with van der Waals surface area (Å²) in [5, 5.41) is 0. The summed E-state index contributed by atoms with van der Waals surface area (Å²) in [5.41, 5.74) is 7.70. The number of anilines is 1. The molecule has 1 aromatic heterocycles. The maximum atomic E-state index is 5.69. The van der Waals surface area contributed by atoms with Crippen LogP contribution in [0.5, 0.6) is 5.75 Å². The summed E-state index contributed by atoms with van der Waals surface area (Å²) in [6.45, 7) is 2.52. The summed E-state index contributed by atoms with van der Waals surface area (Å²) in [4.78, 5) is 4.01. The molecule has 0 spiro atoms. The quantitative estimate of drug-likeness (QED) is 0.944. The lowest BCUT2D eigenvalue weighted by molar-refractivity contribution is 0.304. The largest absolute Gasteiger partial charge is 0.488 e. The molecule has 17 heavy (non-hydrogen) atoms. The highest BCUT2D eigenvalue weighted by atomic mass is 79.9. The van der Waals surface area contributed by atoms with Crippen LogP contribution in [0.1, 0.15) is 11.1 Å². The van der Waals surface area contributed by atoms with Crippen LogP contribution in [0.25, 0.3) is 0 Å². The number of ether oxygens (including phenoxy) is 1. The zero-order valence-electron chi connectivity index (χ0n) is 9.48. The predicted octanol–water partition coefficient (Wildman–Crippen LogP) is 3.31. The number of aryl methyl sites for hydroxylation is 1. The highest BCUT2D eigenvalue weighted by Crippen LogP contribution is 2.26. The maximum Gasteiger partial charge on any atom is 0.134 e. The first kappa shape index (κ1) is 11.9. The van der Waals surface area contributed by atoms with Crippen LogP contribution in [0.3, 0.4) is 0 Å². The van der Waals surface area contributed by atoms with Gasteiger partial charge in [0.25, 0.3) is 0 Å². The molecular formula is C13H13BrN2O. The molecule has 0 atom stereocenters. The minimum Gasteiger partial charge on any atom is -0.488 e. The number of halogens is 1. The average Bonchev–Trinajstić information content (AvgIpc) is 2.30. The molecular weight excluding hydrogens is 280 g/mol. The number of pyridine rings is 1. The van der Waals surface area contributed by atoms with E-state index in [1.807, 2.05) is 31.2 Å². The van der Waals surface area contributed by atoms with Crippen LogP contribution in [-0.4, -0.2) is 4.98 Å². The van der Waals surface area contributed by atoms with Gasteiger partial charge >= 0.3 is 0 Å². The number of benzene rings is 1. The molecule has 0 fully saturated rings. The molecule has 0 aliphatic heterocycles. The molecule has 4 heteroatoms. The predicted molar refractivity (Wildman–Crippen MR) is 71.9 cm³/mol. The lowest BCUT2D eigenvalue weighted by atomic mass is 10.2. The molecule has 0 saturated carbocycles. The second-order valence-electron chi connectivity index (χ2n) is 3.81. The molecule has 0 unspecified atom stereocenters. The van der Waals surface area contributed by atoms with E-state index >= 15 is 0 Å². The Hall–Kier alpha value is -1.55. The molecule has 1 heterocycles. The van der Waals surface area contributed by atoms with Crippen molar-refractivity contribution in [2.45, 2.75) is 13.5 Å². The van der Waals surface area contributed by atoms with Crippen molar-refractivity contribution in [3.63, 3.8) is 0 Å². The van der Waals surface area contributed by atoms with Crippen molar-refractivity contribution in [1.82, 2.24) is 4.98 Å². The Morgan fingerprint density at radius 2 is 2.12 bits per heavy atom. The average molecular weight is 293 g/mol. The number of nitrogens with zero attached hydrogens (tertiary/aromatic N) is 1. The van der Waals surface area contributed by atoms with E-state index in [0.717, 1.165) is 15.8 Å². The van der Waals surface area contributed by atoms with Crippen LogP contribution in [-0.2, 0) is 6.61 Å². The summed E-state index contributed by atoms with van der Waals surface area (Å²) >= 11 is 3.47. The van der Waals surface area contributed by atoms with Crippen molar-refractivity contribution in [3.8, 4) is 5.75 Å². The van der Waals surface area contributed by atoms with Gasteiger partial charge in [-0.25, -0.2) is 4.98 Å². The Balaban J connectivity index is 2.04. The number of nitrogens with two attached hydrogens (primary N) is 1. The zero-order chi connectivity index (χ0) is 12.3. The zero-order valence-corrected chi connectivity index (χ0v) is 11.1. The fraction of sp³-hybridized carbons (Fsp3) is 0.154. The Morgan fingerprint density at radius 1 is 1.29 bits per heavy atom. The first-order valence-electron chi connectivity index (χ1n) is 5.24. The van der Waals surface area contributed by atoms with E-state index in [1.165, 1.54) is 5.56 Å². The smallest absolute Gasteiger partial charge is 0.134 e. The summed E-state index contributed by atoms with van der Waals surface area (Å²) in [7, 11) is 0. The Bertz CT molecular complexity index is 511. The van der Waals surface area contributed by atoms with E-state index in [2.05, 4.69) is 20.9 Å². The molecule has 0 amide bonds. The molecule has 88 valence electrons. The van der Waals surface area contributed by atoms with Gasteiger partial charge in [0, 0.05) is 11.8 Å². The van der Waals surface area contributed by atoms with Crippen LogP contribution < -0.4 is 10.5 Å². The van der Waals surface area contributed by atoms with Gasteiger partial charge in [-0.2, -0.15) is 0 Å². The summed E-state index contributed by atoms with van der Waals surface area (Å²) in [6, 6.07) is 9.66. The first-order chi connectivity index (χ1) is 8.15. The van der Waals surface area contributed by atoms with Crippen molar-refractivity contribution in [2.24, 2.45) is 0 Å². The highest BCUT2D eigenvalue weighted by molar-refractivity contribution is 9.10. The van der Waals surface area contributed by atoms with Gasteiger partial charge < -0.3 is 10.5 Å². The minimum absolute atomic E-state index is 0.481. The van der Waals surface area contributed by atoms with E-state index in [4.69, 9.17) is 10.5 Å². The molecule has 2 N–H and O–H groups in total. The molecule has 2 rings (SSSR count). The Kier molecular flexibility index (Phi) is 3.64. The normalized spacial score (nSPS) is 10.2. The van der Waals surface area contributed by atoms with Gasteiger partial charge in [-0.05, 0) is 46.6 Å². The van der Waals surface area contributed by atoms with Crippen molar-refractivity contribution in [3.05, 3.63) is 52.1 Å². The molecule has 0 bridgehead atoms. The van der Waals surface area contributed by atoms with Crippen molar-refractivity contribution in [1.29, 1.82) is 0 Å². The van der Waals surface area contributed by atoms with Crippen LogP contribution >= 0.6 is 15.9 Å². The van der Waals surface area contributed by atoms with E-state index in [1.54, 1.807) is 12.3 Å². The SMILES string of the molecule is Cc1ccc(OCc2ccc(N)nc2)c(Br)c1. The standard InChI is InChI=1S/C13H13BrN2O/c1-9-2-4-12(11(14)6-9)17-8-10-3-5-13(15)16-7-10/h2-7H,8H2,1H3,(H2,15,16). The first-order valence-corrected chi connectivity index (χ1v) is 6.04. The number of hydrogen-bond acceptors (Lipinski definition) is 3. The number of rotatable bonds is 3. The van der Waals surface area contributed by atoms with Crippen molar-refractivity contribution < 1.29 is 4.74 Å². The van der Waals surface area contributed by atoms with Gasteiger partial charge in [0.1, 0.15) is 18.2 Å². The van der Waals surface area contributed by atoms with Crippen LogP contribution in [0.4, 0.5) is 5.82 Å². The molecule has 0 radical (unpaired) electrons. The molecule has 0 aliphatic rings. The molecule has 0 saturated heterocycles. The summed E-state index contributed by atoms with van der Waals surface area (Å²) in [6.07, 6.45) is 1.72. The van der Waals surface area contributed by atoms with Crippen LogP contribution in [0.2, 0.25) is 0 Å². The second-order valence-corrected chi connectivity index (χ2v) is 4.67. The molecule has 1 aromatic carbocycles. The monoisotopic (exact) mass is 292 g/mol. The van der Waals surface area contributed by atoms with Crippen LogP contribution in [0.15, 0.2) is 41.0 Å². The van der Waals surface area contributed by atoms with Gasteiger partial charge in [0.15, 0.2) is 0 Å². The third kappa shape index (κ3) is 3.20. The number of nitrogen functional groups attached to an aromatic ring is 1. The highest BCUT2D eigenvalue weighted by Gasteiger charge is 2.01. The number of hydrogen-bond donors (Lipinski definition) is 1. The lowest BCUT2D eigenvalue weighted by Gasteiger charge is -2.08. The maximum absolute atomic E-state index is 5.69. The van der Waals surface area contributed by atoms with Gasteiger partial charge in [-0.3, -0.25) is 0 Å². The van der Waals surface area contributed by atoms with E-state index in [-0.39, 0.29) is 0 Å². The van der Waals surface area contributed by atoms with Gasteiger partial charge in [-0.1, -0.05) is 12.1 Å². The van der Waals surface area contributed by atoms with Gasteiger partial charge in [-0.15, -0.1) is 0 Å². The van der Waals surface area contributed by atoms with Crippen molar-refractivity contribution in [2.75, 3.05) is 5.73 Å². The van der Waals surface area contributed by atoms with E-state index < -0.39 is 0 Å². The fourth-order valence-corrected chi connectivity index (χ4v) is 2.01. The number of aromatic nitrogens is 1. The summed E-state index contributed by atoms with van der Waals surface area (Å²) in [5.74, 6) is 1.35. The van der Waals surface area contributed by atoms with Gasteiger partial charge in [0.2, 0.25) is 0 Å². The van der Waals surface area contributed by atoms with Crippen LogP contribution in [0, 0.1) is 6.92 Å². The Labute approximate surface area is 109 Å².